The Balaban J connectivity index is 1.76. The van der Waals surface area contributed by atoms with Gasteiger partial charge in [0.2, 0.25) is 0 Å². The Hall–Kier alpha value is -4.23. The lowest BCUT2D eigenvalue weighted by atomic mass is 9.94. The number of para-hydroxylation sites is 2. The first-order valence-corrected chi connectivity index (χ1v) is 12.0. The van der Waals surface area contributed by atoms with Gasteiger partial charge in [-0.25, -0.2) is 0 Å². The van der Waals surface area contributed by atoms with Gasteiger partial charge in [-0.2, -0.15) is 0 Å². The molecule has 37 heavy (non-hydrogen) atoms. The molecule has 188 valence electrons. The lowest BCUT2D eigenvalue weighted by molar-refractivity contribution is -0.140. The van der Waals surface area contributed by atoms with E-state index in [1.165, 1.54) is 12.0 Å². The standard InChI is InChI=1S/C29H25ClN2O5/c1-16-12-19(28(37-3)21(30)13-16)26(33)24-25(20-14-31-22-10-6-5-9-18(20)22)32(29(35)27(24)34)15-17-8-4-7-11-23(17)36-2/h4-14,25,31,33H,15H2,1-3H3/b26-24+. The third kappa shape index (κ3) is 4.11. The van der Waals surface area contributed by atoms with E-state index in [1.807, 2.05) is 49.4 Å². The van der Waals surface area contributed by atoms with Gasteiger partial charge in [-0.3, -0.25) is 9.59 Å². The van der Waals surface area contributed by atoms with Crippen LogP contribution in [0.5, 0.6) is 11.5 Å². The summed E-state index contributed by atoms with van der Waals surface area (Å²) in [6.45, 7) is 1.92. The summed E-state index contributed by atoms with van der Waals surface area (Å²) in [6.07, 6.45) is 1.77. The van der Waals surface area contributed by atoms with E-state index in [0.717, 1.165) is 22.0 Å². The second kappa shape index (κ2) is 9.67. The Bertz CT molecular complexity index is 1570. The number of fused-ring (bicyclic) bond motifs is 1. The quantitative estimate of drug-likeness (QED) is 0.193. The van der Waals surface area contributed by atoms with Crippen molar-refractivity contribution in [3.05, 3.63) is 99.7 Å². The number of likely N-dealkylation sites (tertiary alicyclic amines) is 1. The Kier molecular flexibility index (Phi) is 6.39. The predicted octanol–water partition coefficient (Wildman–Crippen LogP) is 5.77. The van der Waals surface area contributed by atoms with Crippen LogP contribution in [0.15, 0.2) is 72.4 Å². The summed E-state index contributed by atoms with van der Waals surface area (Å²) in [5.74, 6) is -1.05. The summed E-state index contributed by atoms with van der Waals surface area (Å²) in [5, 5.41) is 12.7. The SMILES string of the molecule is COc1ccccc1CN1C(=O)C(=O)/C(=C(/O)c2cc(C)cc(Cl)c2OC)C1c1c[nH]c2ccccc12. The van der Waals surface area contributed by atoms with Gasteiger partial charge in [-0.05, 0) is 36.8 Å². The molecule has 2 N–H and O–H groups in total. The second-order valence-corrected chi connectivity index (χ2v) is 9.26. The number of aliphatic hydroxyl groups excluding tert-OH is 1. The lowest BCUT2D eigenvalue weighted by Gasteiger charge is -2.26. The highest BCUT2D eigenvalue weighted by Crippen LogP contribution is 2.45. The van der Waals surface area contributed by atoms with Crippen molar-refractivity contribution in [3.63, 3.8) is 0 Å². The highest BCUT2D eigenvalue weighted by molar-refractivity contribution is 6.46. The Morgan fingerprint density at radius 1 is 1.05 bits per heavy atom. The number of aromatic nitrogens is 1. The number of rotatable bonds is 6. The zero-order valence-corrected chi connectivity index (χ0v) is 21.3. The minimum absolute atomic E-state index is 0.0374. The van der Waals surface area contributed by atoms with E-state index in [4.69, 9.17) is 21.1 Å². The molecule has 0 aliphatic carbocycles. The molecule has 1 aromatic heterocycles. The van der Waals surface area contributed by atoms with Crippen LogP contribution in [-0.4, -0.2) is 40.9 Å². The number of nitrogens with one attached hydrogen (secondary N) is 1. The number of ketones is 1. The monoisotopic (exact) mass is 516 g/mol. The van der Waals surface area contributed by atoms with Crippen molar-refractivity contribution < 1.29 is 24.2 Å². The third-order valence-corrected chi connectivity index (χ3v) is 6.92. The molecule has 3 aromatic carbocycles. The molecule has 1 fully saturated rings. The molecule has 1 aliphatic heterocycles. The Morgan fingerprint density at radius 2 is 1.78 bits per heavy atom. The van der Waals surface area contributed by atoms with Crippen LogP contribution in [0.1, 0.15) is 28.3 Å². The molecule has 1 unspecified atom stereocenters. The van der Waals surface area contributed by atoms with Crippen LogP contribution < -0.4 is 9.47 Å². The smallest absolute Gasteiger partial charge is 0.295 e. The summed E-state index contributed by atoms with van der Waals surface area (Å²) >= 11 is 6.39. The van der Waals surface area contributed by atoms with Gasteiger partial charge in [0.15, 0.2) is 0 Å². The number of methoxy groups -OCH3 is 2. The van der Waals surface area contributed by atoms with Crippen LogP contribution in [0.2, 0.25) is 5.02 Å². The van der Waals surface area contributed by atoms with Crippen molar-refractivity contribution in [3.8, 4) is 11.5 Å². The van der Waals surface area contributed by atoms with Crippen LogP contribution in [0.3, 0.4) is 0 Å². The molecule has 0 spiro atoms. The number of ether oxygens (including phenoxy) is 2. The van der Waals surface area contributed by atoms with Crippen molar-refractivity contribution in [2.24, 2.45) is 0 Å². The number of aliphatic hydroxyl groups is 1. The molecule has 5 rings (SSSR count). The topological polar surface area (TPSA) is 91.9 Å². The average Bonchev–Trinajstić information content (AvgIpc) is 3.42. The van der Waals surface area contributed by atoms with E-state index in [9.17, 15) is 14.7 Å². The third-order valence-electron chi connectivity index (χ3n) is 6.64. The molecule has 7 nitrogen and oxygen atoms in total. The molecule has 0 saturated carbocycles. The average molecular weight is 517 g/mol. The Labute approximate surface area is 218 Å². The van der Waals surface area contributed by atoms with Gasteiger partial charge in [0.25, 0.3) is 11.7 Å². The van der Waals surface area contributed by atoms with Crippen molar-refractivity contribution >= 4 is 40.0 Å². The zero-order valence-electron chi connectivity index (χ0n) is 20.5. The van der Waals surface area contributed by atoms with Crippen molar-refractivity contribution in [2.45, 2.75) is 19.5 Å². The fourth-order valence-corrected chi connectivity index (χ4v) is 5.31. The number of Topliss-reactive ketones (excluding diaryl/α,β-unsaturated/α-hetero) is 1. The summed E-state index contributed by atoms with van der Waals surface area (Å²) in [5.41, 5.74) is 3.23. The number of H-pyrrole nitrogens is 1. The normalized spacial score (nSPS) is 17.0. The molecule has 1 saturated heterocycles. The minimum Gasteiger partial charge on any atom is -0.507 e. The van der Waals surface area contributed by atoms with Crippen LogP contribution in [0.25, 0.3) is 16.7 Å². The number of benzene rings is 3. The van der Waals surface area contributed by atoms with Gasteiger partial charge in [-0.15, -0.1) is 0 Å². The highest BCUT2D eigenvalue weighted by Gasteiger charge is 2.47. The molecule has 1 atom stereocenters. The van der Waals surface area contributed by atoms with Gasteiger partial charge < -0.3 is 24.5 Å². The highest BCUT2D eigenvalue weighted by atomic mass is 35.5. The van der Waals surface area contributed by atoms with Crippen LogP contribution in [-0.2, 0) is 16.1 Å². The largest absolute Gasteiger partial charge is 0.507 e. The van der Waals surface area contributed by atoms with Gasteiger partial charge in [0.1, 0.15) is 17.3 Å². The molecule has 1 amide bonds. The maximum atomic E-state index is 13.6. The van der Waals surface area contributed by atoms with Crippen molar-refractivity contribution in [2.75, 3.05) is 14.2 Å². The van der Waals surface area contributed by atoms with Crippen LogP contribution >= 0.6 is 11.6 Å². The van der Waals surface area contributed by atoms with E-state index < -0.39 is 17.7 Å². The first-order valence-electron chi connectivity index (χ1n) is 11.7. The number of carbonyl (C=O) groups is 2. The summed E-state index contributed by atoms with van der Waals surface area (Å²) < 4.78 is 11.0. The van der Waals surface area contributed by atoms with E-state index in [0.29, 0.717) is 11.3 Å². The summed E-state index contributed by atoms with van der Waals surface area (Å²) in [7, 11) is 2.99. The predicted molar refractivity (Wildman–Crippen MR) is 142 cm³/mol. The minimum atomic E-state index is -0.870. The summed E-state index contributed by atoms with van der Waals surface area (Å²) in [6, 6.07) is 17.4. The van der Waals surface area contributed by atoms with Gasteiger partial charge in [-0.1, -0.05) is 48.0 Å². The number of aromatic amines is 1. The Morgan fingerprint density at radius 3 is 2.54 bits per heavy atom. The zero-order chi connectivity index (χ0) is 26.3. The number of nitrogens with zero attached hydrogens (tertiary/aromatic N) is 1. The second-order valence-electron chi connectivity index (χ2n) is 8.86. The first kappa shape index (κ1) is 24.5. The van der Waals surface area contributed by atoms with E-state index in [-0.39, 0.29) is 34.2 Å². The molecule has 1 aliphatic rings. The molecule has 8 heteroatoms. The number of carbonyl (C=O) groups excluding carboxylic acids is 2. The molecule has 4 aromatic rings. The number of aryl methyl sites for hydroxylation is 1. The van der Waals surface area contributed by atoms with E-state index >= 15 is 0 Å². The number of hydrogen-bond donors (Lipinski definition) is 2. The number of hydrogen-bond acceptors (Lipinski definition) is 5. The van der Waals surface area contributed by atoms with Crippen LogP contribution in [0, 0.1) is 6.92 Å². The number of halogens is 1. The summed E-state index contributed by atoms with van der Waals surface area (Å²) in [4.78, 5) is 31.8. The fraction of sp³-hybridized carbons (Fsp3) is 0.172. The van der Waals surface area contributed by atoms with Gasteiger partial charge in [0.05, 0.1) is 43.0 Å². The van der Waals surface area contributed by atoms with E-state index in [1.54, 1.807) is 31.5 Å². The van der Waals surface area contributed by atoms with Crippen molar-refractivity contribution in [1.29, 1.82) is 0 Å². The lowest BCUT2D eigenvalue weighted by Crippen LogP contribution is -2.29. The first-order chi connectivity index (χ1) is 17.8. The van der Waals surface area contributed by atoms with E-state index in [2.05, 4.69) is 4.98 Å². The fourth-order valence-electron chi connectivity index (χ4n) is 4.96. The molecule has 2 heterocycles. The van der Waals surface area contributed by atoms with Gasteiger partial charge in [0, 0.05) is 28.2 Å². The molecular formula is C29H25ClN2O5. The molecule has 0 bridgehead atoms. The van der Waals surface area contributed by atoms with Crippen LogP contribution in [0.4, 0.5) is 0 Å². The maximum absolute atomic E-state index is 13.6. The number of amides is 1. The molecule has 0 radical (unpaired) electrons. The van der Waals surface area contributed by atoms with Crippen molar-refractivity contribution in [1.82, 2.24) is 9.88 Å². The maximum Gasteiger partial charge on any atom is 0.295 e. The molecular weight excluding hydrogens is 492 g/mol. The van der Waals surface area contributed by atoms with Gasteiger partial charge >= 0.3 is 0 Å².